The molecule has 2 aromatic heterocycles. The highest BCUT2D eigenvalue weighted by Crippen LogP contribution is 2.18. The summed E-state index contributed by atoms with van der Waals surface area (Å²) in [6.07, 6.45) is 4.41. The maximum Gasteiger partial charge on any atom is 0.255 e. The molecule has 3 aromatic rings. The molecule has 7 heteroatoms. The van der Waals surface area contributed by atoms with Crippen molar-refractivity contribution >= 4 is 33.8 Å². The number of rotatable bonds is 4. The van der Waals surface area contributed by atoms with E-state index in [9.17, 15) is 9.18 Å². The lowest BCUT2D eigenvalue weighted by atomic mass is 10.2. The normalized spacial score (nSPS) is 11.0. The molecule has 0 saturated carbocycles. The van der Waals surface area contributed by atoms with Crippen LogP contribution in [0.1, 0.15) is 16.1 Å². The van der Waals surface area contributed by atoms with Crippen LogP contribution < -0.4 is 5.32 Å². The van der Waals surface area contributed by atoms with Gasteiger partial charge in [0.15, 0.2) is 4.96 Å². The Morgan fingerprint density at radius 1 is 1.48 bits per heavy atom. The van der Waals surface area contributed by atoms with E-state index in [1.807, 2.05) is 22.2 Å². The highest BCUT2D eigenvalue weighted by Gasteiger charge is 2.15. The number of amides is 1. The van der Waals surface area contributed by atoms with Gasteiger partial charge in [-0.25, -0.2) is 9.37 Å². The molecule has 108 valence electrons. The number of carbonyl (C=O) groups excluding carboxylic acids is 1. The summed E-state index contributed by atoms with van der Waals surface area (Å²) in [6, 6.07) is 4.17. The van der Waals surface area contributed by atoms with Crippen molar-refractivity contribution in [1.82, 2.24) is 14.7 Å². The predicted molar refractivity (Wildman–Crippen MR) is 80.5 cm³/mol. The number of fused-ring (bicyclic) bond motifs is 1. The van der Waals surface area contributed by atoms with Gasteiger partial charge < -0.3 is 5.32 Å². The number of imidazole rings is 1. The maximum absolute atomic E-state index is 13.6. The Bertz CT molecular complexity index is 750. The van der Waals surface area contributed by atoms with Crippen molar-refractivity contribution in [3.8, 4) is 0 Å². The Morgan fingerprint density at radius 3 is 3.10 bits per heavy atom. The summed E-state index contributed by atoms with van der Waals surface area (Å²) < 4.78 is 15.5. The minimum atomic E-state index is -0.623. The number of halogens is 2. The van der Waals surface area contributed by atoms with Crippen molar-refractivity contribution in [2.24, 2.45) is 0 Å². The fourth-order valence-corrected chi connectivity index (χ4v) is 2.97. The van der Waals surface area contributed by atoms with Crippen LogP contribution in [0.2, 0.25) is 5.02 Å². The first-order chi connectivity index (χ1) is 10.1. The first-order valence-electron chi connectivity index (χ1n) is 6.28. The SMILES string of the molecule is O=C(NCCc1cn2ccsc2n1)c1c(F)cccc1Cl. The Kier molecular flexibility index (Phi) is 3.90. The van der Waals surface area contributed by atoms with Crippen LogP contribution in [0.4, 0.5) is 4.39 Å². The van der Waals surface area contributed by atoms with Crippen LogP contribution in [0.25, 0.3) is 4.96 Å². The molecular formula is C14H11ClFN3OS. The standard InChI is InChI=1S/C14H11ClFN3OS/c15-10-2-1-3-11(16)12(10)13(20)17-5-4-9-8-19-6-7-21-14(19)18-9/h1-3,6-8H,4-5H2,(H,17,20). The molecule has 4 nitrogen and oxygen atoms in total. The van der Waals surface area contributed by atoms with Gasteiger partial charge in [0.1, 0.15) is 5.82 Å². The number of hydrogen-bond acceptors (Lipinski definition) is 3. The van der Waals surface area contributed by atoms with E-state index in [0.29, 0.717) is 13.0 Å². The van der Waals surface area contributed by atoms with E-state index >= 15 is 0 Å². The molecule has 0 aliphatic heterocycles. The van der Waals surface area contributed by atoms with Gasteiger partial charge in [0, 0.05) is 30.7 Å². The lowest BCUT2D eigenvalue weighted by Gasteiger charge is -2.06. The van der Waals surface area contributed by atoms with Crippen molar-refractivity contribution in [3.05, 3.63) is 58.1 Å². The molecule has 1 amide bonds. The molecule has 0 fully saturated rings. The third-order valence-corrected chi connectivity index (χ3v) is 4.09. The molecule has 0 aliphatic carbocycles. The first-order valence-corrected chi connectivity index (χ1v) is 7.54. The van der Waals surface area contributed by atoms with E-state index in [1.54, 1.807) is 11.3 Å². The Labute approximate surface area is 129 Å². The van der Waals surface area contributed by atoms with Crippen molar-refractivity contribution in [1.29, 1.82) is 0 Å². The topological polar surface area (TPSA) is 46.4 Å². The molecule has 0 spiro atoms. The molecule has 0 aliphatic rings. The second-order valence-corrected chi connectivity index (χ2v) is 5.71. The molecular weight excluding hydrogens is 313 g/mol. The second kappa shape index (κ2) is 5.83. The van der Waals surface area contributed by atoms with Gasteiger partial charge in [-0.05, 0) is 12.1 Å². The zero-order chi connectivity index (χ0) is 14.8. The third-order valence-electron chi connectivity index (χ3n) is 3.00. The van der Waals surface area contributed by atoms with Gasteiger partial charge in [-0.3, -0.25) is 9.20 Å². The predicted octanol–water partition coefficient (Wildman–Crippen LogP) is 3.16. The van der Waals surface area contributed by atoms with E-state index in [1.165, 1.54) is 18.2 Å². The summed E-state index contributed by atoms with van der Waals surface area (Å²) in [5, 5.41) is 4.72. The summed E-state index contributed by atoms with van der Waals surface area (Å²) in [5.74, 6) is -1.14. The summed E-state index contributed by atoms with van der Waals surface area (Å²) in [6.45, 7) is 0.369. The van der Waals surface area contributed by atoms with Gasteiger partial charge in [-0.15, -0.1) is 11.3 Å². The Morgan fingerprint density at radius 2 is 2.33 bits per heavy atom. The lowest BCUT2D eigenvalue weighted by Crippen LogP contribution is -2.27. The fraction of sp³-hybridized carbons (Fsp3) is 0.143. The van der Waals surface area contributed by atoms with Gasteiger partial charge in [-0.1, -0.05) is 17.7 Å². The summed E-state index contributed by atoms with van der Waals surface area (Å²) >= 11 is 7.39. The van der Waals surface area contributed by atoms with Gasteiger partial charge in [0.05, 0.1) is 16.3 Å². The van der Waals surface area contributed by atoms with Crippen LogP contribution in [0.3, 0.4) is 0 Å². The largest absolute Gasteiger partial charge is 0.352 e. The first kappa shape index (κ1) is 14.0. The molecule has 21 heavy (non-hydrogen) atoms. The zero-order valence-electron chi connectivity index (χ0n) is 10.8. The summed E-state index contributed by atoms with van der Waals surface area (Å²) in [5.41, 5.74) is 0.756. The molecule has 1 aromatic carbocycles. The highest BCUT2D eigenvalue weighted by molar-refractivity contribution is 7.15. The fourth-order valence-electron chi connectivity index (χ4n) is 2.00. The van der Waals surface area contributed by atoms with Gasteiger partial charge in [0.2, 0.25) is 0 Å². The van der Waals surface area contributed by atoms with Crippen LogP contribution in [0.15, 0.2) is 36.0 Å². The maximum atomic E-state index is 13.6. The quantitative estimate of drug-likeness (QED) is 0.801. The monoisotopic (exact) mass is 323 g/mol. The minimum absolute atomic E-state index is 0.106. The molecule has 0 atom stereocenters. The van der Waals surface area contributed by atoms with Crippen LogP contribution in [-0.2, 0) is 6.42 Å². The lowest BCUT2D eigenvalue weighted by molar-refractivity contribution is 0.0950. The second-order valence-electron chi connectivity index (χ2n) is 4.43. The van der Waals surface area contributed by atoms with Crippen LogP contribution in [0, 0.1) is 5.82 Å². The molecule has 1 N–H and O–H groups in total. The van der Waals surface area contributed by atoms with E-state index < -0.39 is 11.7 Å². The Hall–Kier alpha value is -1.92. The van der Waals surface area contributed by atoms with Crippen LogP contribution in [-0.4, -0.2) is 21.8 Å². The van der Waals surface area contributed by atoms with Gasteiger partial charge in [0.25, 0.3) is 5.91 Å². The van der Waals surface area contributed by atoms with E-state index in [2.05, 4.69) is 10.3 Å². The van der Waals surface area contributed by atoms with Crippen molar-refractivity contribution in [2.75, 3.05) is 6.54 Å². The van der Waals surface area contributed by atoms with Crippen molar-refractivity contribution in [3.63, 3.8) is 0 Å². The van der Waals surface area contributed by atoms with Gasteiger partial charge in [-0.2, -0.15) is 0 Å². The highest BCUT2D eigenvalue weighted by atomic mass is 35.5. The summed E-state index contributed by atoms with van der Waals surface area (Å²) in [7, 11) is 0. The third kappa shape index (κ3) is 2.91. The number of aromatic nitrogens is 2. The number of benzene rings is 1. The molecule has 2 heterocycles. The zero-order valence-corrected chi connectivity index (χ0v) is 12.4. The molecule has 3 rings (SSSR count). The molecule has 0 radical (unpaired) electrons. The van der Waals surface area contributed by atoms with Gasteiger partial charge >= 0.3 is 0 Å². The number of nitrogens with zero attached hydrogens (tertiary/aromatic N) is 2. The number of thiazole rings is 1. The molecule has 0 unspecified atom stereocenters. The Balaban J connectivity index is 1.62. The number of hydrogen-bond donors (Lipinski definition) is 1. The molecule has 0 bridgehead atoms. The average Bonchev–Trinajstić information content (AvgIpc) is 2.99. The van der Waals surface area contributed by atoms with Crippen molar-refractivity contribution < 1.29 is 9.18 Å². The van der Waals surface area contributed by atoms with E-state index in [4.69, 9.17) is 11.6 Å². The van der Waals surface area contributed by atoms with E-state index in [0.717, 1.165) is 10.7 Å². The average molecular weight is 324 g/mol. The van der Waals surface area contributed by atoms with Crippen LogP contribution in [0.5, 0.6) is 0 Å². The molecule has 0 saturated heterocycles. The number of carbonyl (C=O) groups is 1. The number of nitrogens with one attached hydrogen (secondary N) is 1. The van der Waals surface area contributed by atoms with E-state index in [-0.39, 0.29) is 10.6 Å². The van der Waals surface area contributed by atoms with Crippen LogP contribution >= 0.6 is 22.9 Å². The smallest absolute Gasteiger partial charge is 0.255 e. The summed E-state index contributed by atoms with van der Waals surface area (Å²) in [4.78, 5) is 17.3. The van der Waals surface area contributed by atoms with Crippen molar-refractivity contribution in [2.45, 2.75) is 6.42 Å². The minimum Gasteiger partial charge on any atom is -0.352 e.